The molecule has 3 aromatic rings. The van der Waals surface area contributed by atoms with E-state index in [4.69, 9.17) is 21.1 Å². The fraction of sp³-hybridized carbons (Fsp3) is 0.105. The Labute approximate surface area is 164 Å². The lowest BCUT2D eigenvalue weighted by Crippen LogP contribution is -2.26. The first-order valence-electron chi connectivity index (χ1n) is 8.00. The van der Waals surface area contributed by atoms with Crippen LogP contribution in [0.5, 0.6) is 11.5 Å². The molecule has 0 atom stereocenters. The van der Waals surface area contributed by atoms with Gasteiger partial charge in [0.25, 0.3) is 11.5 Å². The Morgan fingerprint density at radius 2 is 1.82 bits per heavy atom. The van der Waals surface area contributed by atoms with Gasteiger partial charge in [-0.2, -0.15) is 0 Å². The molecule has 0 aliphatic rings. The highest BCUT2D eigenvalue weighted by Crippen LogP contribution is 2.23. The van der Waals surface area contributed by atoms with Gasteiger partial charge >= 0.3 is 0 Å². The van der Waals surface area contributed by atoms with Crippen molar-refractivity contribution >= 4 is 23.3 Å². The Bertz CT molecular complexity index is 1080. The van der Waals surface area contributed by atoms with Crippen LogP contribution in [0.4, 0.5) is 10.2 Å². The van der Waals surface area contributed by atoms with Crippen molar-refractivity contribution in [3.8, 4) is 17.2 Å². The van der Waals surface area contributed by atoms with Crippen molar-refractivity contribution < 1.29 is 18.7 Å². The third-order valence-electron chi connectivity index (χ3n) is 3.87. The maximum absolute atomic E-state index is 13.4. The quantitative estimate of drug-likeness (QED) is 0.706. The largest absolute Gasteiger partial charge is 0.497 e. The second kappa shape index (κ2) is 8.10. The summed E-state index contributed by atoms with van der Waals surface area (Å²) in [7, 11) is 2.92. The van der Waals surface area contributed by atoms with Gasteiger partial charge in [-0.3, -0.25) is 14.2 Å². The van der Waals surface area contributed by atoms with Gasteiger partial charge in [0.05, 0.1) is 24.9 Å². The van der Waals surface area contributed by atoms with E-state index in [2.05, 4.69) is 10.3 Å². The lowest BCUT2D eigenvalue weighted by atomic mass is 10.2. The van der Waals surface area contributed by atoms with Crippen molar-refractivity contribution in [3.05, 3.63) is 75.5 Å². The summed E-state index contributed by atoms with van der Waals surface area (Å²) in [4.78, 5) is 29.2. The Kier molecular flexibility index (Phi) is 5.60. The second-order valence-electron chi connectivity index (χ2n) is 5.60. The van der Waals surface area contributed by atoms with E-state index in [0.717, 1.165) is 6.07 Å². The fourth-order valence-corrected chi connectivity index (χ4v) is 2.63. The molecule has 0 radical (unpaired) electrons. The Morgan fingerprint density at radius 3 is 2.43 bits per heavy atom. The number of hydrogen-bond acceptors (Lipinski definition) is 5. The predicted molar refractivity (Wildman–Crippen MR) is 102 cm³/mol. The van der Waals surface area contributed by atoms with Crippen LogP contribution in [0.2, 0.25) is 5.02 Å². The van der Waals surface area contributed by atoms with E-state index in [9.17, 15) is 14.0 Å². The first-order chi connectivity index (χ1) is 13.4. The molecule has 9 heteroatoms. The van der Waals surface area contributed by atoms with Crippen LogP contribution in [0.15, 0.2) is 53.6 Å². The number of methoxy groups -OCH3 is 2. The van der Waals surface area contributed by atoms with Gasteiger partial charge in [0.2, 0.25) is 0 Å². The maximum atomic E-state index is 13.4. The normalized spacial score (nSPS) is 10.4. The van der Waals surface area contributed by atoms with Crippen LogP contribution in [-0.4, -0.2) is 29.7 Å². The molecule has 1 N–H and O–H groups in total. The minimum Gasteiger partial charge on any atom is -0.497 e. The topological polar surface area (TPSA) is 82.4 Å². The molecular weight excluding hydrogens is 389 g/mol. The zero-order chi connectivity index (χ0) is 20.3. The third kappa shape index (κ3) is 3.96. The van der Waals surface area contributed by atoms with Gasteiger partial charge in [0.1, 0.15) is 17.3 Å². The Balaban J connectivity index is 1.94. The number of carbonyl (C=O) groups excluding carboxylic acids is 1. The molecule has 1 aromatic heterocycles. The summed E-state index contributed by atoms with van der Waals surface area (Å²) in [6, 6.07) is 8.45. The number of nitrogens with one attached hydrogen (secondary N) is 1. The van der Waals surface area contributed by atoms with Gasteiger partial charge in [0.15, 0.2) is 5.82 Å². The minimum atomic E-state index is -0.604. The summed E-state index contributed by atoms with van der Waals surface area (Å²) in [5, 5.41) is 2.33. The molecule has 7 nitrogen and oxygen atoms in total. The molecule has 144 valence electrons. The van der Waals surface area contributed by atoms with E-state index in [-0.39, 0.29) is 16.4 Å². The fourth-order valence-electron chi connectivity index (χ4n) is 2.45. The molecule has 1 heterocycles. The summed E-state index contributed by atoms with van der Waals surface area (Å²) < 4.78 is 24.8. The predicted octanol–water partition coefficient (Wildman–Crippen LogP) is 3.29. The zero-order valence-corrected chi connectivity index (χ0v) is 15.7. The van der Waals surface area contributed by atoms with Crippen molar-refractivity contribution in [2.24, 2.45) is 0 Å². The van der Waals surface area contributed by atoms with E-state index < -0.39 is 17.3 Å². The third-order valence-corrected chi connectivity index (χ3v) is 4.16. The van der Waals surface area contributed by atoms with Crippen molar-refractivity contribution in [2.45, 2.75) is 0 Å². The van der Waals surface area contributed by atoms with E-state index in [0.29, 0.717) is 17.2 Å². The zero-order valence-electron chi connectivity index (χ0n) is 14.9. The molecule has 3 rings (SSSR count). The average molecular weight is 404 g/mol. The highest BCUT2D eigenvalue weighted by molar-refractivity contribution is 6.30. The van der Waals surface area contributed by atoms with Gasteiger partial charge in [-0.25, -0.2) is 9.37 Å². The number of carbonyl (C=O) groups is 1. The number of rotatable bonds is 5. The first-order valence-corrected chi connectivity index (χ1v) is 8.38. The van der Waals surface area contributed by atoms with Gasteiger partial charge in [-0.15, -0.1) is 0 Å². The molecule has 1 amide bonds. The molecule has 0 aliphatic carbocycles. The van der Waals surface area contributed by atoms with Gasteiger partial charge in [-0.1, -0.05) is 11.6 Å². The molecule has 28 heavy (non-hydrogen) atoms. The number of anilines is 1. The highest BCUT2D eigenvalue weighted by Gasteiger charge is 2.14. The van der Waals surface area contributed by atoms with Crippen molar-refractivity contribution in [1.29, 1.82) is 0 Å². The summed E-state index contributed by atoms with van der Waals surface area (Å²) >= 11 is 5.78. The summed E-state index contributed by atoms with van der Waals surface area (Å²) in [5.74, 6) is -0.535. The van der Waals surface area contributed by atoms with Crippen LogP contribution < -0.4 is 20.3 Å². The molecule has 0 spiro atoms. The van der Waals surface area contributed by atoms with E-state index in [1.165, 1.54) is 55.4 Å². The Morgan fingerprint density at radius 1 is 1.14 bits per heavy atom. The minimum absolute atomic E-state index is 0.129. The highest BCUT2D eigenvalue weighted by atomic mass is 35.5. The molecule has 2 aromatic carbocycles. The SMILES string of the molecule is COc1cc(OC)cc(C(=O)Nc2nccn(-c3ccc(F)c(Cl)c3)c2=O)c1. The van der Waals surface area contributed by atoms with Crippen LogP contribution in [0.25, 0.3) is 5.69 Å². The van der Waals surface area contributed by atoms with Crippen molar-refractivity contribution in [3.63, 3.8) is 0 Å². The number of hydrogen-bond donors (Lipinski definition) is 1. The molecule has 0 fully saturated rings. The van der Waals surface area contributed by atoms with Crippen molar-refractivity contribution in [1.82, 2.24) is 9.55 Å². The summed E-state index contributed by atoms with van der Waals surface area (Å²) in [5.41, 5.74) is -0.0524. The summed E-state index contributed by atoms with van der Waals surface area (Å²) in [6.45, 7) is 0. The van der Waals surface area contributed by atoms with E-state index in [1.54, 1.807) is 6.07 Å². The number of nitrogens with zero attached hydrogens (tertiary/aromatic N) is 2. The lowest BCUT2D eigenvalue weighted by Gasteiger charge is -2.10. The lowest BCUT2D eigenvalue weighted by molar-refractivity contribution is 0.102. The summed E-state index contributed by atoms with van der Waals surface area (Å²) in [6.07, 6.45) is 2.72. The molecule has 0 aliphatic heterocycles. The van der Waals surface area contributed by atoms with E-state index in [1.807, 2.05) is 0 Å². The molecule has 0 unspecified atom stereocenters. The molecule has 0 bridgehead atoms. The van der Waals surface area contributed by atoms with Gasteiger partial charge < -0.3 is 14.8 Å². The average Bonchev–Trinajstić information content (AvgIpc) is 2.71. The van der Waals surface area contributed by atoms with Crippen LogP contribution in [-0.2, 0) is 0 Å². The number of amides is 1. The number of benzene rings is 2. The monoisotopic (exact) mass is 403 g/mol. The molecule has 0 saturated heterocycles. The number of ether oxygens (including phenoxy) is 2. The standard InChI is InChI=1S/C19H15ClFN3O4/c1-27-13-7-11(8-14(10-13)28-2)18(25)23-17-19(26)24(6-5-22-17)12-3-4-16(21)15(20)9-12/h3-10H,1-2H3,(H,22,23,25). The van der Waals surface area contributed by atoms with Crippen LogP contribution in [0.1, 0.15) is 10.4 Å². The maximum Gasteiger partial charge on any atom is 0.298 e. The van der Waals surface area contributed by atoms with E-state index >= 15 is 0 Å². The van der Waals surface area contributed by atoms with Crippen LogP contribution >= 0.6 is 11.6 Å². The number of halogens is 2. The smallest absolute Gasteiger partial charge is 0.298 e. The van der Waals surface area contributed by atoms with Gasteiger partial charge in [-0.05, 0) is 30.3 Å². The first kappa shape index (κ1) is 19.4. The number of aromatic nitrogens is 2. The second-order valence-corrected chi connectivity index (χ2v) is 6.01. The van der Waals surface area contributed by atoms with Crippen LogP contribution in [0, 0.1) is 5.82 Å². The Hall–Kier alpha value is -3.39. The molecular formula is C19H15ClFN3O4. The van der Waals surface area contributed by atoms with Gasteiger partial charge in [0, 0.05) is 24.0 Å². The van der Waals surface area contributed by atoms with Crippen molar-refractivity contribution in [2.75, 3.05) is 19.5 Å². The molecule has 0 saturated carbocycles. The van der Waals surface area contributed by atoms with Crippen LogP contribution in [0.3, 0.4) is 0 Å².